The van der Waals surface area contributed by atoms with Gasteiger partial charge in [-0.2, -0.15) is 0 Å². The molecule has 0 spiro atoms. The Morgan fingerprint density at radius 2 is 2.11 bits per heavy atom. The van der Waals surface area contributed by atoms with E-state index in [0.717, 1.165) is 5.56 Å². The van der Waals surface area contributed by atoms with Crippen LogP contribution >= 0.6 is 11.6 Å². The second-order valence-electron chi connectivity index (χ2n) is 4.18. The molecule has 1 heterocycles. The topological polar surface area (TPSA) is 60.1 Å². The molecule has 0 aliphatic heterocycles. The zero-order valence-corrected chi connectivity index (χ0v) is 11.0. The number of nitrogen functional groups attached to an aromatic ring is 1. The second kappa shape index (κ2) is 4.74. The number of halogens is 1. The van der Waals surface area contributed by atoms with E-state index >= 15 is 0 Å². The van der Waals surface area contributed by atoms with Gasteiger partial charge in [0, 0.05) is 24.0 Å². The number of anilines is 2. The molecule has 3 N–H and O–H groups in total. The highest BCUT2D eigenvalue weighted by atomic mass is 35.5. The van der Waals surface area contributed by atoms with Crippen LogP contribution in [0.15, 0.2) is 30.5 Å². The third kappa shape index (κ3) is 2.49. The van der Waals surface area contributed by atoms with E-state index in [2.05, 4.69) is 5.32 Å². The van der Waals surface area contributed by atoms with E-state index in [1.165, 1.54) is 0 Å². The highest BCUT2D eigenvalue weighted by Crippen LogP contribution is 2.21. The summed E-state index contributed by atoms with van der Waals surface area (Å²) in [7, 11) is 1.77. The van der Waals surface area contributed by atoms with Crippen molar-refractivity contribution < 1.29 is 4.79 Å². The van der Waals surface area contributed by atoms with Gasteiger partial charge in [0.25, 0.3) is 5.91 Å². The molecule has 2 aromatic rings. The number of aryl methyl sites for hydroxylation is 2. The molecule has 94 valence electrons. The quantitative estimate of drug-likeness (QED) is 0.875. The summed E-state index contributed by atoms with van der Waals surface area (Å²) in [6.45, 7) is 1.91. The Labute approximate surface area is 110 Å². The highest BCUT2D eigenvalue weighted by Gasteiger charge is 2.12. The Hall–Kier alpha value is -1.94. The van der Waals surface area contributed by atoms with Crippen LogP contribution in [0.5, 0.6) is 0 Å². The Bertz CT molecular complexity index is 604. The molecule has 0 saturated heterocycles. The Morgan fingerprint density at radius 3 is 2.72 bits per heavy atom. The summed E-state index contributed by atoms with van der Waals surface area (Å²) in [4.78, 5) is 12.1. The van der Waals surface area contributed by atoms with Crippen molar-refractivity contribution in [3.8, 4) is 0 Å². The third-order valence-corrected chi connectivity index (χ3v) is 2.94. The van der Waals surface area contributed by atoms with Crippen LogP contribution in [0.1, 0.15) is 16.1 Å². The molecule has 4 nitrogen and oxygen atoms in total. The highest BCUT2D eigenvalue weighted by molar-refractivity contribution is 6.31. The number of amides is 1. The first-order valence-corrected chi connectivity index (χ1v) is 5.84. The number of carbonyl (C=O) groups excluding carboxylic acids is 1. The van der Waals surface area contributed by atoms with Crippen molar-refractivity contribution in [3.63, 3.8) is 0 Å². The smallest absolute Gasteiger partial charge is 0.272 e. The number of benzene rings is 1. The second-order valence-corrected chi connectivity index (χ2v) is 4.62. The zero-order valence-electron chi connectivity index (χ0n) is 10.2. The lowest BCUT2D eigenvalue weighted by Gasteiger charge is -2.09. The average Bonchev–Trinajstić information content (AvgIpc) is 2.63. The summed E-state index contributed by atoms with van der Waals surface area (Å²) in [6, 6.07) is 7.00. The maximum atomic E-state index is 12.1. The van der Waals surface area contributed by atoms with Gasteiger partial charge in [0.1, 0.15) is 5.69 Å². The molecule has 18 heavy (non-hydrogen) atoms. The minimum atomic E-state index is -0.209. The maximum Gasteiger partial charge on any atom is 0.272 e. The van der Waals surface area contributed by atoms with E-state index in [-0.39, 0.29) is 5.91 Å². The van der Waals surface area contributed by atoms with Gasteiger partial charge >= 0.3 is 0 Å². The van der Waals surface area contributed by atoms with Gasteiger partial charge in [0.15, 0.2) is 0 Å². The average molecular weight is 264 g/mol. The summed E-state index contributed by atoms with van der Waals surface area (Å²) in [6.07, 6.45) is 1.69. The fourth-order valence-corrected chi connectivity index (χ4v) is 1.90. The van der Waals surface area contributed by atoms with Crippen molar-refractivity contribution in [3.05, 3.63) is 46.7 Å². The minimum Gasteiger partial charge on any atom is -0.397 e. The van der Waals surface area contributed by atoms with Gasteiger partial charge in [0.05, 0.1) is 5.69 Å². The summed E-state index contributed by atoms with van der Waals surface area (Å²) in [5.74, 6) is -0.209. The number of nitrogens with zero attached hydrogens (tertiary/aromatic N) is 1. The molecule has 0 saturated carbocycles. The van der Waals surface area contributed by atoms with Gasteiger partial charge in [-0.25, -0.2) is 0 Å². The Balaban J connectivity index is 2.26. The fraction of sp³-hybridized carbons (Fsp3) is 0.154. The normalized spacial score (nSPS) is 10.4. The number of nitrogens with two attached hydrogens (primary N) is 1. The molecule has 2 rings (SSSR count). The van der Waals surface area contributed by atoms with Gasteiger partial charge < -0.3 is 15.6 Å². The van der Waals surface area contributed by atoms with Gasteiger partial charge in [0.2, 0.25) is 0 Å². The van der Waals surface area contributed by atoms with Crippen molar-refractivity contribution in [1.82, 2.24) is 4.57 Å². The van der Waals surface area contributed by atoms with Crippen molar-refractivity contribution in [2.75, 3.05) is 11.1 Å². The van der Waals surface area contributed by atoms with Gasteiger partial charge in [-0.1, -0.05) is 17.7 Å². The van der Waals surface area contributed by atoms with Crippen LogP contribution < -0.4 is 11.1 Å². The zero-order chi connectivity index (χ0) is 13.3. The summed E-state index contributed by atoms with van der Waals surface area (Å²) < 4.78 is 1.69. The van der Waals surface area contributed by atoms with Crippen LogP contribution in [-0.2, 0) is 7.05 Å². The molecule has 0 atom stereocenters. The molecule has 1 aromatic heterocycles. The number of carbonyl (C=O) groups is 1. The van der Waals surface area contributed by atoms with Crippen LogP contribution in [0.25, 0.3) is 0 Å². The summed E-state index contributed by atoms with van der Waals surface area (Å²) in [5.41, 5.74) is 8.36. The van der Waals surface area contributed by atoms with Crippen molar-refractivity contribution in [1.29, 1.82) is 0 Å². The SMILES string of the molecule is Cc1ccc(Cl)cc1NC(=O)c1cc(N)cn1C. The third-order valence-electron chi connectivity index (χ3n) is 2.71. The molecule has 0 fully saturated rings. The number of hydrogen-bond donors (Lipinski definition) is 2. The molecular formula is C13H14ClN3O. The van der Waals surface area contributed by atoms with Crippen molar-refractivity contribution in [2.24, 2.45) is 7.05 Å². The molecular weight excluding hydrogens is 250 g/mol. The molecule has 0 bridgehead atoms. The predicted octanol–water partition coefficient (Wildman–Crippen LogP) is 2.82. The van der Waals surface area contributed by atoms with E-state index in [4.69, 9.17) is 17.3 Å². The fourth-order valence-electron chi connectivity index (χ4n) is 1.73. The lowest BCUT2D eigenvalue weighted by Crippen LogP contribution is -2.15. The largest absolute Gasteiger partial charge is 0.397 e. The molecule has 0 unspecified atom stereocenters. The van der Waals surface area contributed by atoms with Crippen LogP contribution in [0, 0.1) is 6.92 Å². The van der Waals surface area contributed by atoms with E-state index in [0.29, 0.717) is 22.1 Å². The van der Waals surface area contributed by atoms with Crippen LogP contribution in [-0.4, -0.2) is 10.5 Å². The molecule has 0 aliphatic rings. The lowest BCUT2D eigenvalue weighted by molar-refractivity contribution is 0.101. The van der Waals surface area contributed by atoms with Gasteiger partial charge in [-0.05, 0) is 30.7 Å². The lowest BCUT2D eigenvalue weighted by atomic mass is 10.2. The first-order valence-electron chi connectivity index (χ1n) is 5.46. The van der Waals surface area contributed by atoms with E-state index in [1.54, 1.807) is 36.0 Å². The van der Waals surface area contributed by atoms with Crippen LogP contribution in [0.2, 0.25) is 5.02 Å². The van der Waals surface area contributed by atoms with E-state index in [1.807, 2.05) is 13.0 Å². The predicted molar refractivity (Wildman–Crippen MR) is 74.0 cm³/mol. The molecule has 0 radical (unpaired) electrons. The van der Waals surface area contributed by atoms with E-state index in [9.17, 15) is 4.79 Å². The number of nitrogens with one attached hydrogen (secondary N) is 1. The number of hydrogen-bond acceptors (Lipinski definition) is 2. The standard InChI is InChI=1S/C13H14ClN3O/c1-8-3-4-9(14)5-11(8)16-13(18)12-6-10(15)7-17(12)2/h3-7H,15H2,1-2H3,(H,16,18). The molecule has 1 amide bonds. The van der Waals surface area contributed by atoms with Gasteiger partial charge in [-0.3, -0.25) is 4.79 Å². The summed E-state index contributed by atoms with van der Waals surface area (Å²) >= 11 is 5.91. The Kier molecular flexibility index (Phi) is 3.30. The molecule has 0 aliphatic carbocycles. The molecule has 5 heteroatoms. The molecule has 1 aromatic carbocycles. The van der Waals surface area contributed by atoms with Crippen LogP contribution in [0.4, 0.5) is 11.4 Å². The maximum absolute atomic E-state index is 12.1. The minimum absolute atomic E-state index is 0.209. The van der Waals surface area contributed by atoms with Gasteiger partial charge in [-0.15, -0.1) is 0 Å². The first-order chi connectivity index (χ1) is 8.47. The van der Waals surface area contributed by atoms with Crippen molar-refractivity contribution >= 4 is 28.9 Å². The summed E-state index contributed by atoms with van der Waals surface area (Å²) in [5, 5.41) is 3.41. The van der Waals surface area contributed by atoms with Crippen LogP contribution in [0.3, 0.4) is 0 Å². The Morgan fingerprint density at radius 1 is 1.39 bits per heavy atom. The number of aromatic nitrogens is 1. The van der Waals surface area contributed by atoms with Crippen molar-refractivity contribution in [2.45, 2.75) is 6.92 Å². The first kappa shape index (κ1) is 12.5. The van der Waals surface area contributed by atoms with E-state index < -0.39 is 0 Å². The monoisotopic (exact) mass is 263 g/mol. The number of rotatable bonds is 2.